The van der Waals surface area contributed by atoms with Crippen LogP contribution in [0.2, 0.25) is 0 Å². The van der Waals surface area contributed by atoms with E-state index in [0.717, 1.165) is 29.3 Å². The summed E-state index contributed by atoms with van der Waals surface area (Å²) in [5.74, 6) is -1.15. The number of aliphatic carboxylic acids is 1. The zero-order chi connectivity index (χ0) is 28.3. The molecule has 7 rings (SSSR count). The minimum absolute atomic E-state index is 0.162. The summed E-state index contributed by atoms with van der Waals surface area (Å²) in [4.78, 5) is 26.4. The summed E-state index contributed by atoms with van der Waals surface area (Å²) in [6, 6.07) is 14.5. The van der Waals surface area contributed by atoms with Gasteiger partial charge in [-0.1, -0.05) is 42.5 Å². The minimum Gasteiger partial charge on any atom is -0.480 e. The normalized spacial score (nSPS) is 27.9. The third kappa shape index (κ3) is 4.80. The SMILES string of the molecule is O=C(NC(C(=O)O)C12CC3CC(CC(O)(C3)C1)C2)c1ccc2ccccc2c1NCc1ccc(C(F)(F)F)cc1. The van der Waals surface area contributed by atoms with Crippen LogP contribution in [0.15, 0.2) is 60.7 Å². The van der Waals surface area contributed by atoms with E-state index in [9.17, 15) is 33.0 Å². The lowest BCUT2D eigenvalue weighted by Crippen LogP contribution is -2.64. The molecule has 3 atom stereocenters. The van der Waals surface area contributed by atoms with Crippen LogP contribution in [0.3, 0.4) is 0 Å². The number of halogens is 3. The third-order valence-electron chi connectivity index (χ3n) is 9.13. The van der Waals surface area contributed by atoms with Crippen molar-refractivity contribution in [2.24, 2.45) is 17.3 Å². The number of fused-ring (bicyclic) bond motifs is 1. The minimum atomic E-state index is -4.43. The molecule has 0 aliphatic heterocycles. The number of carbonyl (C=O) groups is 2. The van der Waals surface area contributed by atoms with E-state index in [1.165, 1.54) is 12.1 Å². The number of carboxylic acids is 1. The highest BCUT2D eigenvalue weighted by Gasteiger charge is 2.61. The molecule has 6 nitrogen and oxygen atoms in total. The Morgan fingerprint density at radius 2 is 1.62 bits per heavy atom. The summed E-state index contributed by atoms with van der Waals surface area (Å²) in [7, 11) is 0. The van der Waals surface area contributed by atoms with Gasteiger partial charge in [-0.05, 0) is 79.5 Å². The van der Waals surface area contributed by atoms with Crippen LogP contribution in [0.1, 0.15) is 60.0 Å². The van der Waals surface area contributed by atoms with Crippen LogP contribution in [-0.2, 0) is 17.5 Å². The topological polar surface area (TPSA) is 98.7 Å². The summed E-state index contributed by atoms with van der Waals surface area (Å²) >= 11 is 0. The van der Waals surface area contributed by atoms with E-state index in [0.29, 0.717) is 43.4 Å². The molecule has 40 heavy (non-hydrogen) atoms. The van der Waals surface area contributed by atoms with E-state index in [1.807, 2.05) is 24.3 Å². The summed E-state index contributed by atoms with van der Waals surface area (Å²) in [6.45, 7) is 0.162. The maximum absolute atomic E-state index is 13.8. The summed E-state index contributed by atoms with van der Waals surface area (Å²) in [5, 5.41) is 29.1. The number of amides is 1. The number of benzene rings is 3. The monoisotopic (exact) mass is 552 g/mol. The van der Waals surface area contributed by atoms with Crippen molar-refractivity contribution in [2.45, 2.75) is 62.9 Å². The van der Waals surface area contributed by atoms with Crippen LogP contribution in [-0.4, -0.2) is 33.7 Å². The molecule has 4 fully saturated rings. The van der Waals surface area contributed by atoms with Crippen molar-refractivity contribution in [1.82, 2.24) is 5.32 Å². The summed E-state index contributed by atoms with van der Waals surface area (Å²) < 4.78 is 39.0. The molecule has 210 valence electrons. The standard InChI is InChI=1S/C31H31F3N2O4/c32-31(33,34)22-8-5-18(6-9-22)16-35-25-23-4-2-1-3-21(23)7-10-24(25)27(37)36-26(28(38)39)29-12-19-11-20(13-29)15-30(40,14-19)17-29/h1-10,19-20,26,35,40H,11-17H2,(H,36,37)(H,38,39). The third-order valence-corrected chi connectivity index (χ3v) is 9.13. The molecule has 4 aliphatic rings. The lowest BCUT2D eigenvalue weighted by atomic mass is 9.46. The fourth-order valence-corrected chi connectivity index (χ4v) is 7.96. The summed E-state index contributed by atoms with van der Waals surface area (Å²) in [5.41, 5.74) is -0.998. The largest absolute Gasteiger partial charge is 0.480 e. The fourth-order valence-electron chi connectivity index (χ4n) is 7.96. The first-order valence-corrected chi connectivity index (χ1v) is 13.6. The Labute approximate surface area is 229 Å². The number of hydrogen-bond donors (Lipinski definition) is 4. The molecule has 0 heterocycles. The lowest BCUT2D eigenvalue weighted by molar-refractivity contribution is -0.181. The van der Waals surface area contributed by atoms with Crippen LogP contribution in [0.5, 0.6) is 0 Å². The Morgan fingerprint density at radius 3 is 2.25 bits per heavy atom. The zero-order valence-electron chi connectivity index (χ0n) is 21.8. The van der Waals surface area contributed by atoms with Crippen molar-refractivity contribution in [3.05, 3.63) is 77.4 Å². The lowest BCUT2D eigenvalue weighted by Gasteiger charge is -2.61. The van der Waals surface area contributed by atoms with Crippen molar-refractivity contribution in [3.63, 3.8) is 0 Å². The van der Waals surface area contributed by atoms with E-state index < -0.39 is 40.7 Å². The number of alkyl halides is 3. The molecule has 4 saturated carbocycles. The van der Waals surface area contributed by atoms with E-state index >= 15 is 0 Å². The fraction of sp³-hybridized carbons (Fsp3) is 0.419. The number of aliphatic hydroxyl groups is 1. The van der Waals surface area contributed by atoms with Gasteiger partial charge in [0, 0.05) is 17.3 Å². The molecule has 4 bridgehead atoms. The van der Waals surface area contributed by atoms with E-state index in [-0.39, 0.29) is 23.9 Å². The molecule has 9 heteroatoms. The number of hydrogen-bond acceptors (Lipinski definition) is 4. The van der Waals surface area contributed by atoms with Crippen LogP contribution >= 0.6 is 0 Å². The van der Waals surface area contributed by atoms with Gasteiger partial charge in [-0.25, -0.2) is 4.79 Å². The van der Waals surface area contributed by atoms with Gasteiger partial charge < -0.3 is 20.8 Å². The highest BCUT2D eigenvalue weighted by molar-refractivity contribution is 6.09. The van der Waals surface area contributed by atoms with E-state index in [4.69, 9.17) is 0 Å². The van der Waals surface area contributed by atoms with Crippen molar-refractivity contribution < 1.29 is 33.0 Å². The molecule has 4 aliphatic carbocycles. The average Bonchev–Trinajstić information content (AvgIpc) is 2.88. The quantitative estimate of drug-likeness (QED) is 0.289. The highest BCUT2D eigenvalue weighted by atomic mass is 19.4. The molecule has 0 aromatic heterocycles. The molecular weight excluding hydrogens is 521 g/mol. The van der Waals surface area contributed by atoms with Gasteiger partial charge in [0.25, 0.3) is 5.91 Å². The average molecular weight is 553 g/mol. The zero-order valence-corrected chi connectivity index (χ0v) is 21.8. The number of carboxylic acid groups (broad SMARTS) is 1. The van der Waals surface area contributed by atoms with E-state index in [2.05, 4.69) is 10.6 Å². The number of rotatable bonds is 7. The first-order valence-electron chi connectivity index (χ1n) is 13.6. The van der Waals surface area contributed by atoms with Crippen LogP contribution in [0, 0.1) is 17.3 Å². The maximum Gasteiger partial charge on any atom is 0.416 e. The molecule has 0 radical (unpaired) electrons. The second-order valence-electron chi connectivity index (χ2n) is 12.0. The first-order chi connectivity index (χ1) is 18.9. The molecule has 1 amide bonds. The predicted octanol–water partition coefficient (Wildman–Crippen LogP) is 5.99. The Kier molecular flexibility index (Phi) is 6.33. The second kappa shape index (κ2) is 9.51. The Bertz CT molecular complexity index is 1460. The second-order valence-corrected chi connectivity index (χ2v) is 12.0. The predicted molar refractivity (Wildman–Crippen MR) is 144 cm³/mol. The van der Waals surface area contributed by atoms with Gasteiger partial charge in [-0.3, -0.25) is 4.79 Å². The Balaban J connectivity index is 1.29. The molecule has 3 aromatic rings. The van der Waals surface area contributed by atoms with Crippen molar-refractivity contribution in [2.75, 3.05) is 5.32 Å². The Morgan fingerprint density at radius 1 is 0.950 bits per heavy atom. The molecule has 3 aromatic carbocycles. The van der Waals surface area contributed by atoms with Crippen LogP contribution in [0.25, 0.3) is 10.8 Å². The van der Waals surface area contributed by atoms with Gasteiger partial charge in [0.1, 0.15) is 6.04 Å². The summed E-state index contributed by atoms with van der Waals surface area (Å²) in [6.07, 6.45) is -0.365. The highest BCUT2D eigenvalue weighted by Crippen LogP contribution is 2.62. The first kappa shape index (κ1) is 26.6. The van der Waals surface area contributed by atoms with Gasteiger partial charge in [-0.2, -0.15) is 13.2 Å². The van der Waals surface area contributed by atoms with Gasteiger partial charge in [0.15, 0.2) is 0 Å². The maximum atomic E-state index is 13.8. The molecular formula is C31H31F3N2O4. The van der Waals surface area contributed by atoms with Gasteiger partial charge >= 0.3 is 12.1 Å². The van der Waals surface area contributed by atoms with Crippen LogP contribution < -0.4 is 10.6 Å². The van der Waals surface area contributed by atoms with Crippen molar-refractivity contribution >= 4 is 28.3 Å². The van der Waals surface area contributed by atoms with Crippen LogP contribution in [0.4, 0.5) is 18.9 Å². The Hall–Kier alpha value is -3.59. The van der Waals surface area contributed by atoms with Crippen molar-refractivity contribution in [3.8, 4) is 0 Å². The smallest absolute Gasteiger partial charge is 0.416 e. The van der Waals surface area contributed by atoms with E-state index in [1.54, 1.807) is 12.1 Å². The van der Waals surface area contributed by atoms with Gasteiger partial charge in [-0.15, -0.1) is 0 Å². The number of nitrogens with one attached hydrogen (secondary N) is 2. The molecule has 0 saturated heterocycles. The number of carbonyl (C=O) groups excluding carboxylic acids is 1. The van der Waals surface area contributed by atoms with Crippen molar-refractivity contribution in [1.29, 1.82) is 0 Å². The number of anilines is 1. The van der Waals surface area contributed by atoms with Gasteiger partial charge in [0.05, 0.1) is 22.4 Å². The molecule has 3 unspecified atom stereocenters. The molecule has 0 spiro atoms. The van der Waals surface area contributed by atoms with Gasteiger partial charge in [0.2, 0.25) is 0 Å². The molecule has 4 N–H and O–H groups in total.